The highest BCUT2D eigenvalue weighted by molar-refractivity contribution is 9.10. The number of rotatable bonds is 0. The Labute approximate surface area is 91.9 Å². The number of halogens is 3. The number of fused-ring (bicyclic) bond motifs is 1. The van der Waals surface area contributed by atoms with Gasteiger partial charge in [-0.05, 0) is 22.0 Å². The van der Waals surface area contributed by atoms with E-state index in [4.69, 9.17) is 33.4 Å². The van der Waals surface area contributed by atoms with Crippen molar-refractivity contribution in [2.45, 2.75) is 0 Å². The van der Waals surface area contributed by atoms with Crippen molar-refractivity contribution in [3.05, 3.63) is 20.6 Å². The molecule has 0 radical (unpaired) electrons. The molecular formula is C7H3BrCl2N2O. The van der Waals surface area contributed by atoms with Gasteiger partial charge in [0.15, 0.2) is 5.58 Å². The smallest absolute Gasteiger partial charge is 0.293 e. The van der Waals surface area contributed by atoms with Crippen LogP contribution in [0.1, 0.15) is 0 Å². The van der Waals surface area contributed by atoms with E-state index in [1.165, 1.54) is 0 Å². The molecule has 2 rings (SSSR count). The van der Waals surface area contributed by atoms with Gasteiger partial charge in [-0.15, -0.1) is 0 Å². The highest BCUT2D eigenvalue weighted by Crippen LogP contribution is 2.36. The first-order valence-corrected chi connectivity index (χ1v) is 4.84. The lowest BCUT2D eigenvalue weighted by molar-refractivity contribution is 0.626. The minimum Gasteiger partial charge on any atom is -0.422 e. The summed E-state index contributed by atoms with van der Waals surface area (Å²) < 4.78 is 5.73. The third kappa shape index (κ3) is 1.39. The van der Waals surface area contributed by atoms with Crippen LogP contribution in [-0.4, -0.2) is 4.98 Å². The zero-order valence-corrected chi connectivity index (χ0v) is 9.24. The van der Waals surface area contributed by atoms with Crippen molar-refractivity contribution in [1.29, 1.82) is 0 Å². The number of anilines is 1. The van der Waals surface area contributed by atoms with E-state index < -0.39 is 0 Å². The molecule has 2 aromatic rings. The standard InChI is InChI=1S/C7H3BrCl2N2O/c8-2-1-3(9)6-5(4(2)10)12-7(11)13-6/h1H,(H2,11,12). The zero-order chi connectivity index (χ0) is 9.59. The van der Waals surface area contributed by atoms with E-state index >= 15 is 0 Å². The molecule has 2 N–H and O–H groups in total. The quantitative estimate of drug-likeness (QED) is 0.752. The normalized spacial score (nSPS) is 11.0. The molecule has 1 aromatic heterocycles. The SMILES string of the molecule is Nc1nc2c(Cl)c(Br)cc(Cl)c2o1. The molecule has 0 bridgehead atoms. The van der Waals surface area contributed by atoms with Crippen molar-refractivity contribution in [2.75, 3.05) is 5.73 Å². The molecule has 13 heavy (non-hydrogen) atoms. The Morgan fingerprint density at radius 3 is 2.85 bits per heavy atom. The monoisotopic (exact) mass is 280 g/mol. The third-order valence-electron chi connectivity index (χ3n) is 1.53. The molecule has 0 amide bonds. The fraction of sp³-hybridized carbons (Fsp3) is 0. The van der Waals surface area contributed by atoms with Gasteiger partial charge in [-0.25, -0.2) is 0 Å². The first-order chi connectivity index (χ1) is 6.09. The third-order valence-corrected chi connectivity index (χ3v) is 3.05. The van der Waals surface area contributed by atoms with Crippen molar-refractivity contribution in [1.82, 2.24) is 4.98 Å². The fourth-order valence-corrected chi connectivity index (χ4v) is 1.97. The van der Waals surface area contributed by atoms with Crippen LogP contribution in [0.25, 0.3) is 11.1 Å². The van der Waals surface area contributed by atoms with Crippen LogP contribution in [0.15, 0.2) is 15.0 Å². The second-order valence-electron chi connectivity index (χ2n) is 2.38. The summed E-state index contributed by atoms with van der Waals surface area (Å²) in [5.74, 6) is 0. The van der Waals surface area contributed by atoms with E-state index in [1.54, 1.807) is 6.07 Å². The number of hydrogen-bond acceptors (Lipinski definition) is 3. The lowest BCUT2D eigenvalue weighted by atomic mass is 10.3. The molecule has 0 fully saturated rings. The molecule has 1 heterocycles. The molecule has 0 aliphatic carbocycles. The van der Waals surface area contributed by atoms with Gasteiger partial charge in [0, 0.05) is 4.47 Å². The van der Waals surface area contributed by atoms with E-state index in [0.717, 1.165) is 0 Å². The summed E-state index contributed by atoms with van der Waals surface area (Å²) in [6.45, 7) is 0. The van der Waals surface area contributed by atoms with Gasteiger partial charge in [-0.2, -0.15) is 4.98 Å². The highest BCUT2D eigenvalue weighted by atomic mass is 79.9. The van der Waals surface area contributed by atoms with Crippen LogP contribution in [0.4, 0.5) is 6.01 Å². The zero-order valence-electron chi connectivity index (χ0n) is 6.14. The predicted molar refractivity (Wildman–Crippen MR) is 56.1 cm³/mol. The van der Waals surface area contributed by atoms with Crippen molar-refractivity contribution in [3.8, 4) is 0 Å². The second-order valence-corrected chi connectivity index (χ2v) is 4.02. The topological polar surface area (TPSA) is 52.0 Å². The van der Waals surface area contributed by atoms with E-state index in [9.17, 15) is 0 Å². The van der Waals surface area contributed by atoms with Gasteiger partial charge in [0.1, 0.15) is 5.52 Å². The molecule has 0 aliphatic rings. The van der Waals surface area contributed by atoms with Crippen LogP contribution < -0.4 is 5.73 Å². The maximum atomic E-state index is 5.93. The van der Waals surface area contributed by atoms with Crippen LogP contribution >= 0.6 is 39.1 Å². The summed E-state index contributed by atoms with van der Waals surface area (Å²) in [4.78, 5) is 3.90. The summed E-state index contributed by atoms with van der Waals surface area (Å²) in [7, 11) is 0. The maximum absolute atomic E-state index is 5.93. The van der Waals surface area contributed by atoms with Crippen molar-refractivity contribution in [2.24, 2.45) is 0 Å². The van der Waals surface area contributed by atoms with E-state index in [1.807, 2.05) is 0 Å². The first-order valence-electron chi connectivity index (χ1n) is 3.29. The van der Waals surface area contributed by atoms with Crippen LogP contribution in [0.5, 0.6) is 0 Å². The van der Waals surface area contributed by atoms with Gasteiger partial charge in [0.05, 0.1) is 10.0 Å². The number of nitrogens with two attached hydrogens (primary N) is 1. The number of hydrogen-bond donors (Lipinski definition) is 1. The molecule has 0 saturated heterocycles. The van der Waals surface area contributed by atoms with Crippen molar-refractivity contribution >= 4 is 56.2 Å². The van der Waals surface area contributed by atoms with Crippen LogP contribution in [0.2, 0.25) is 10.0 Å². The summed E-state index contributed by atoms with van der Waals surface area (Å²) >= 11 is 15.0. The summed E-state index contributed by atoms with van der Waals surface area (Å²) in [6, 6.07) is 1.69. The number of nitrogens with zero attached hydrogens (tertiary/aromatic N) is 1. The summed E-state index contributed by atoms with van der Waals surface area (Å²) in [5, 5.41) is 0.871. The van der Waals surface area contributed by atoms with Gasteiger partial charge in [-0.3, -0.25) is 0 Å². The number of benzene rings is 1. The molecule has 0 spiro atoms. The maximum Gasteiger partial charge on any atom is 0.293 e. The largest absolute Gasteiger partial charge is 0.422 e. The molecule has 0 atom stereocenters. The van der Waals surface area contributed by atoms with Crippen molar-refractivity contribution in [3.63, 3.8) is 0 Å². The summed E-state index contributed by atoms with van der Waals surface area (Å²) in [6.07, 6.45) is 0. The Bertz CT molecular complexity index is 483. The van der Waals surface area contributed by atoms with Crippen molar-refractivity contribution < 1.29 is 4.42 Å². The van der Waals surface area contributed by atoms with E-state index in [-0.39, 0.29) is 6.01 Å². The van der Waals surface area contributed by atoms with Crippen LogP contribution in [0.3, 0.4) is 0 Å². The molecule has 6 heteroatoms. The van der Waals surface area contributed by atoms with E-state index in [2.05, 4.69) is 20.9 Å². The highest BCUT2D eigenvalue weighted by Gasteiger charge is 2.13. The number of aromatic nitrogens is 1. The second kappa shape index (κ2) is 3.04. The Kier molecular flexibility index (Phi) is 2.14. The minimum absolute atomic E-state index is 0.0527. The van der Waals surface area contributed by atoms with Gasteiger partial charge in [0.25, 0.3) is 6.01 Å². The average molecular weight is 282 g/mol. The molecular weight excluding hydrogens is 279 g/mol. The van der Waals surface area contributed by atoms with Gasteiger partial charge in [0.2, 0.25) is 0 Å². The molecule has 1 aromatic carbocycles. The average Bonchev–Trinajstić information content (AvgIpc) is 2.44. The van der Waals surface area contributed by atoms with Gasteiger partial charge < -0.3 is 10.2 Å². The molecule has 68 valence electrons. The Balaban J connectivity index is 2.95. The lowest BCUT2D eigenvalue weighted by Crippen LogP contribution is -1.81. The predicted octanol–water partition coefficient (Wildman–Crippen LogP) is 3.48. The Morgan fingerprint density at radius 1 is 1.46 bits per heavy atom. The molecule has 0 aliphatic heterocycles. The fourth-order valence-electron chi connectivity index (χ4n) is 1.00. The molecule has 0 saturated carbocycles. The van der Waals surface area contributed by atoms with E-state index in [0.29, 0.717) is 25.6 Å². The Morgan fingerprint density at radius 2 is 2.15 bits per heavy atom. The lowest BCUT2D eigenvalue weighted by Gasteiger charge is -1.96. The van der Waals surface area contributed by atoms with Crippen LogP contribution in [0, 0.1) is 0 Å². The van der Waals surface area contributed by atoms with Crippen LogP contribution in [-0.2, 0) is 0 Å². The Hall–Kier alpha value is -0.450. The molecule has 3 nitrogen and oxygen atoms in total. The number of nitrogen functional groups attached to an aromatic ring is 1. The summed E-state index contributed by atoms with van der Waals surface area (Å²) in [5.41, 5.74) is 6.25. The minimum atomic E-state index is 0.0527. The van der Waals surface area contributed by atoms with Gasteiger partial charge >= 0.3 is 0 Å². The van der Waals surface area contributed by atoms with Gasteiger partial charge in [-0.1, -0.05) is 23.2 Å². The first kappa shape index (κ1) is 9.12. The molecule has 0 unspecified atom stereocenters. The number of oxazole rings is 1.